The number of benzene rings is 1. The van der Waals surface area contributed by atoms with E-state index in [4.69, 9.17) is 0 Å². The van der Waals surface area contributed by atoms with Crippen LogP contribution in [0.3, 0.4) is 0 Å². The Bertz CT molecular complexity index is 415. The average molecular weight is 376 g/mol. The first-order chi connectivity index (χ1) is 13.3. The maximum atomic E-state index is 9.27. The van der Waals surface area contributed by atoms with Crippen LogP contribution in [0, 0.1) is 0 Å². The third-order valence-corrected chi connectivity index (χ3v) is 5.48. The summed E-state index contributed by atoms with van der Waals surface area (Å²) in [5, 5.41) is 12.8. The van der Waals surface area contributed by atoms with Gasteiger partial charge in [0.25, 0.3) is 0 Å². The minimum Gasteiger partial charge on any atom is -0.508 e. The van der Waals surface area contributed by atoms with E-state index in [9.17, 15) is 5.11 Å². The van der Waals surface area contributed by atoms with Crippen LogP contribution in [-0.4, -0.2) is 18.2 Å². The summed E-state index contributed by atoms with van der Waals surface area (Å²) in [5.74, 6) is 0.351. The lowest BCUT2D eigenvalue weighted by Crippen LogP contribution is -2.18. The van der Waals surface area contributed by atoms with Crippen molar-refractivity contribution < 1.29 is 5.11 Å². The van der Waals surface area contributed by atoms with Crippen molar-refractivity contribution in [2.24, 2.45) is 0 Å². The Balaban J connectivity index is 1.71. The van der Waals surface area contributed by atoms with Crippen molar-refractivity contribution in [1.29, 1.82) is 0 Å². The zero-order valence-electron chi connectivity index (χ0n) is 18.0. The Morgan fingerprint density at radius 1 is 0.593 bits per heavy atom. The number of hydrogen-bond donors (Lipinski definition) is 2. The van der Waals surface area contributed by atoms with Gasteiger partial charge in [-0.25, -0.2) is 0 Å². The molecule has 0 heterocycles. The highest BCUT2D eigenvalue weighted by molar-refractivity contribution is 5.25. The summed E-state index contributed by atoms with van der Waals surface area (Å²) in [6.07, 6.45) is 22.4. The molecule has 156 valence electrons. The highest BCUT2D eigenvalue weighted by Crippen LogP contribution is 2.13. The molecular weight excluding hydrogens is 330 g/mol. The van der Waals surface area contributed by atoms with Crippen molar-refractivity contribution in [3.8, 4) is 5.75 Å². The van der Waals surface area contributed by atoms with Gasteiger partial charge < -0.3 is 10.4 Å². The molecule has 1 aromatic rings. The molecule has 1 rings (SSSR count). The van der Waals surface area contributed by atoms with Crippen LogP contribution in [0.4, 0.5) is 0 Å². The van der Waals surface area contributed by atoms with Gasteiger partial charge in [-0.1, -0.05) is 109 Å². The first-order valence-corrected chi connectivity index (χ1v) is 11.8. The van der Waals surface area contributed by atoms with Crippen molar-refractivity contribution in [3.05, 3.63) is 29.8 Å². The molecule has 0 amide bonds. The zero-order valence-corrected chi connectivity index (χ0v) is 18.0. The maximum absolute atomic E-state index is 9.27. The summed E-state index contributed by atoms with van der Waals surface area (Å²) < 4.78 is 0. The lowest BCUT2D eigenvalue weighted by Gasteiger charge is -2.06. The molecule has 1 aromatic carbocycles. The zero-order chi connectivity index (χ0) is 19.4. The van der Waals surface area contributed by atoms with Crippen LogP contribution >= 0.6 is 0 Å². The molecule has 0 spiro atoms. The summed E-state index contributed by atoms with van der Waals surface area (Å²) >= 11 is 0. The Kier molecular flexibility index (Phi) is 16.3. The summed E-state index contributed by atoms with van der Waals surface area (Å²) in [6.45, 7) is 4.46. The number of unbranched alkanes of at least 4 members (excludes halogenated alkanes) is 14. The highest BCUT2D eigenvalue weighted by atomic mass is 16.3. The van der Waals surface area contributed by atoms with E-state index in [2.05, 4.69) is 12.2 Å². The van der Waals surface area contributed by atoms with E-state index in [1.165, 1.54) is 102 Å². The smallest absolute Gasteiger partial charge is 0.115 e. The second-order valence-corrected chi connectivity index (χ2v) is 8.12. The molecule has 0 bridgehead atoms. The SMILES string of the molecule is CCCCCCCCCCCCCCCCCNCCc1ccc(O)cc1. The second-order valence-electron chi connectivity index (χ2n) is 8.12. The van der Waals surface area contributed by atoms with E-state index in [0.29, 0.717) is 5.75 Å². The van der Waals surface area contributed by atoms with Gasteiger partial charge in [0, 0.05) is 0 Å². The second kappa shape index (κ2) is 18.3. The Morgan fingerprint density at radius 3 is 1.52 bits per heavy atom. The van der Waals surface area contributed by atoms with Crippen LogP contribution in [0.25, 0.3) is 0 Å². The molecule has 27 heavy (non-hydrogen) atoms. The summed E-state index contributed by atoms with van der Waals surface area (Å²) in [4.78, 5) is 0. The fraction of sp³-hybridized carbons (Fsp3) is 0.760. The van der Waals surface area contributed by atoms with Crippen molar-refractivity contribution in [1.82, 2.24) is 5.32 Å². The van der Waals surface area contributed by atoms with Crippen LogP contribution in [-0.2, 0) is 6.42 Å². The fourth-order valence-electron chi connectivity index (χ4n) is 3.64. The largest absolute Gasteiger partial charge is 0.508 e. The van der Waals surface area contributed by atoms with Gasteiger partial charge in [0.05, 0.1) is 0 Å². The fourth-order valence-corrected chi connectivity index (χ4v) is 3.64. The first-order valence-electron chi connectivity index (χ1n) is 11.8. The molecule has 2 N–H and O–H groups in total. The first kappa shape index (κ1) is 24.0. The molecule has 0 aliphatic rings. The topological polar surface area (TPSA) is 32.3 Å². The van der Waals surface area contributed by atoms with Crippen LogP contribution in [0.1, 0.15) is 109 Å². The number of phenols is 1. The predicted molar refractivity (Wildman–Crippen MR) is 120 cm³/mol. The Hall–Kier alpha value is -1.02. The molecule has 0 aliphatic heterocycles. The van der Waals surface area contributed by atoms with Gasteiger partial charge in [0.15, 0.2) is 0 Å². The van der Waals surface area contributed by atoms with E-state index in [1.807, 2.05) is 12.1 Å². The molecule has 0 aliphatic carbocycles. The van der Waals surface area contributed by atoms with Crippen molar-refractivity contribution in [3.63, 3.8) is 0 Å². The molecule has 0 atom stereocenters. The molecule has 2 nitrogen and oxygen atoms in total. The lowest BCUT2D eigenvalue weighted by atomic mass is 10.0. The monoisotopic (exact) mass is 375 g/mol. The molecule has 0 fully saturated rings. The average Bonchev–Trinajstić information content (AvgIpc) is 2.68. The maximum Gasteiger partial charge on any atom is 0.115 e. The Labute approximate surface area is 169 Å². The van der Waals surface area contributed by atoms with Gasteiger partial charge in [-0.05, 0) is 43.6 Å². The van der Waals surface area contributed by atoms with E-state index < -0.39 is 0 Å². The molecule has 0 saturated heterocycles. The summed E-state index contributed by atoms with van der Waals surface area (Å²) in [7, 11) is 0. The molecule has 2 heteroatoms. The number of aromatic hydroxyl groups is 1. The van der Waals surface area contributed by atoms with Crippen molar-refractivity contribution >= 4 is 0 Å². The number of hydrogen-bond acceptors (Lipinski definition) is 2. The molecule has 0 unspecified atom stereocenters. The standard InChI is InChI=1S/C25H45NO/c1-2-3-4-5-6-7-8-9-10-11-12-13-14-15-16-22-26-23-21-24-17-19-25(27)20-18-24/h17-20,26-27H,2-16,21-23H2,1H3. The van der Waals surface area contributed by atoms with Gasteiger partial charge in [0.1, 0.15) is 5.75 Å². The van der Waals surface area contributed by atoms with E-state index in [1.54, 1.807) is 12.1 Å². The molecular formula is C25H45NO. The van der Waals surface area contributed by atoms with Gasteiger partial charge in [-0.15, -0.1) is 0 Å². The third kappa shape index (κ3) is 15.7. The normalized spacial score (nSPS) is 11.1. The molecule has 0 radical (unpaired) electrons. The van der Waals surface area contributed by atoms with Crippen LogP contribution in [0.5, 0.6) is 5.75 Å². The number of rotatable bonds is 19. The highest BCUT2D eigenvalue weighted by Gasteiger charge is 1.96. The molecule has 0 saturated carbocycles. The molecule has 0 aromatic heterocycles. The van der Waals surface area contributed by atoms with E-state index in [0.717, 1.165) is 19.5 Å². The van der Waals surface area contributed by atoms with Crippen LogP contribution in [0.2, 0.25) is 0 Å². The summed E-state index contributed by atoms with van der Waals surface area (Å²) in [6, 6.07) is 7.54. The summed E-state index contributed by atoms with van der Waals surface area (Å²) in [5.41, 5.74) is 1.29. The Morgan fingerprint density at radius 2 is 1.04 bits per heavy atom. The minimum atomic E-state index is 0.351. The van der Waals surface area contributed by atoms with Crippen molar-refractivity contribution in [2.75, 3.05) is 13.1 Å². The van der Waals surface area contributed by atoms with E-state index in [-0.39, 0.29) is 0 Å². The van der Waals surface area contributed by atoms with Gasteiger partial charge >= 0.3 is 0 Å². The third-order valence-electron chi connectivity index (χ3n) is 5.48. The van der Waals surface area contributed by atoms with Crippen LogP contribution < -0.4 is 5.32 Å². The van der Waals surface area contributed by atoms with Gasteiger partial charge in [0.2, 0.25) is 0 Å². The van der Waals surface area contributed by atoms with E-state index >= 15 is 0 Å². The number of nitrogens with one attached hydrogen (secondary N) is 1. The number of phenolic OH excluding ortho intramolecular Hbond substituents is 1. The van der Waals surface area contributed by atoms with Gasteiger partial charge in [-0.2, -0.15) is 0 Å². The van der Waals surface area contributed by atoms with Gasteiger partial charge in [-0.3, -0.25) is 0 Å². The quantitative estimate of drug-likeness (QED) is 0.247. The van der Waals surface area contributed by atoms with Crippen molar-refractivity contribution in [2.45, 2.75) is 110 Å². The minimum absolute atomic E-state index is 0.351. The van der Waals surface area contributed by atoms with Crippen LogP contribution in [0.15, 0.2) is 24.3 Å². The lowest BCUT2D eigenvalue weighted by molar-refractivity contribution is 0.475. The predicted octanol–water partition coefficient (Wildman–Crippen LogP) is 7.40.